The average Bonchev–Trinajstić information content (AvgIpc) is 2.99. The lowest BCUT2D eigenvalue weighted by Gasteiger charge is -2.60. The number of carbonyl (C=O) groups excluding carboxylic acids is 1. The normalized spacial score (nSPS) is 46.8. The van der Waals surface area contributed by atoms with Gasteiger partial charge in [0, 0.05) is 12.8 Å². The zero-order valence-corrected chi connectivity index (χ0v) is 19.4. The van der Waals surface area contributed by atoms with E-state index in [-0.39, 0.29) is 0 Å². The Morgan fingerprint density at radius 3 is 2.39 bits per heavy atom. The van der Waals surface area contributed by atoms with Crippen LogP contribution in [0.4, 0.5) is 0 Å². The number of hydrogen-bond acceptors (Lipinski definition) is 1. The second-order valence-corrected chi connectivity index (χ2v) is 12.4. The molecular weight excluding hydrogens is 340 g/mol. The predicted molar refractivity (Wildman–Crippen MR) is 118 cm³/mol. The van der Waals surface area contributed by atoms with Gasteiger partial charge >= 0.3 is 0 Å². The first kappa shape index (κ1) is 20.9. The van der Waals surface area contributed by atoms with Gasteiger partial charge in [0.15, 0.2) is 0 Å². The molecule has 4 unspecified atom stereocenters. The lowest BCUT2D eigenvalue weighted by Crippen LogP contribution is -2.53. The third kappa shape index (κ3) is 3.41. The number of carbonyl (C=O) groups is 1. The fourth-order valence-corrected chi connectivity index (χ4v) is 9.07. The first-order chi connectivity index (χ1) is 13.3. The zero-order chi connectivity index (χ0) is 20.1. The molecule has 8 atom stereocenters. The van der Waals surface area contributed by atoms with Gasteiger partial charge in [-0.05, 0) is 97.2 Å². The Balaban J connectivity index is 1.47. The van der Waals surface area contributed by atoms with Gasteiger partial charge in [0.25, 0.3) is 0 Å². The van der Waals surface area contributed by atoms with Gasteiger partial charge in [-0.3, -0.25) is 4.79 Å². The van der Waals surface area contributed by atoms with Crippen molar-refractivity contribution in [3.8, 4) is 0 Å². The zero-order valence-electron chi connectivity index (χ0n) is 19.4. The molecule has 1 heteroatoms. The topological polar surface area (TPSA) is 17.1 Å². The van der Waals surface area contributed by atoms with Gasteiger partial charge in [0.05, 0.1) is 0 Å². The van der Waals surface area contributed by atoms with Crippen LogP contribution < -0.4 is 0 Å². The highest BCUT2D eigenvalue weighted by Crippen LogP contribution is 2.68. The molecule has 0 N–H and O–H groups in total. The molecule has 0 amide bonds. The highest BCUT2D eigenvalue weighted by molar-refractivity contribution is 5.79. The molecule has 0 bridgehead atoms. The summed E-state index contributed by atoms with van der Waals surface area (Å²) in [7, 11) is 0. The van der Waals surface area contributed by atoms with E-state index in [9.17, 15) is 4.79 Å². The Bertz CT molecular complexity index is 579. The van der Waals surface area contributed by atoms with Crippen molar-refractivity contribution in [1.82, 2.24) is 0 Å². The summed E-state index contributed by atoms with van der Waals surface area (Å²) < 4.78 is 0. The summed E-state index contributed by atoms with van der Waals surface area (Å²) in [6, 6.07) is 0. The SMILES string of the molecule is CC(C)CCCC(C)[C@H]1CCC2C3CC[C@H]4CC(=O)CC[C@]4(C)C3CC[C@@]21C. The Morgan fingerprint density at radius 1 is 0.893 bits per heavy atom. The van der Waals surface area contributed by atoms with Crippen LogP contribution in [-0.2, 0) is 4.79 Å². The molecule has 4 aliphatic carbocycles. The smallest absolute Gasteiger partial charge is 0.133 e. The molecule has 0 spiro atoms. The average molecular weight is 387 g/mol. The quantitative estimate of drug-likeness (QED) is 0.473. The van der Waals surface area contributed by atoms with E-state index in [4.69, 9.17) is 0 Å². The molecule has 4 rings (SSSR count). The molecule has 0 radical (unpaired) electrons. The van der Waals surface area contributed by atoms with E-state index in [2.05, 4.69) is 34.6 Å². The third-order valence-electron chi connectivity index (χ3n) is 10.7. The Hall–Kier alpha value is -0.330. The lowest BCUT2D eigenvalue weighted by atomic mass is 9.44. The molecule has 0 heterocycles. The van der Waals surface area contributed by atoms with Crippen molar-refractivity contribution in [3.05, 3.63) is 0 Å². The van der Waals surface area contributed by atoms with E-state index in [1.54, 1.807) is 0 Å². The Morgan fingerprint density at radius 2 is 1.64 bits per heavy atom. The minimum atomic E-state index is 0.471. The van der Waals surface area contributed by atoms with Crippen molar-refractivity contribution in [2.75, 3.05) is 0 Å². The Kier molecular flexibility index (Phi) is 5.78. The largest absolute Gasteiger partial charge is 0.300 e. The maximum atomic E-state index is 12.1. The van der Waals surface area contributed by atoms with Crippen molar-refractivity contribution in [2.45, 2.75) is 112 Å². The first-order valence-electron chi connectivity index (χ1n) is 12.8. The van der Waals surface area contributed by atoms with Gasteiger partial charge in [-0.15, -0.1) is 0 Å². The molecule has 160 valence electrons. The van der Waals surface area contributed by atoms with Gasteiger partial charge in [-0.25, -0.2) is 0 Å². The van der Waals surface area contributed by atoms with E-state index in [0.29, 0.717) is 22.5 Å². The summed E-state index contributed by atoms with van der Waals surface area (Å²) in [5.41, 5.74) is 1.07. The van der Waals surface area contributed by atoms with Crippen molar-refractivity contribution >= 4 is 5.78 Å². The highest BCUT2D eigenvalue weighted by atomic mass is 16.1. The molecule has 4 saturated carbocycles. The highest BCUT2D eigenvalue weighted by Gasteiger charge is 2.60. The maximum absolute atomic E-state index is 12.1. The maximum Gasteiger partial charge on any atom is 0.133 e. The second-order valence-electron chi connectivity index (χ2n) is 12.4. The predicted octanol–water partition coefficient (Wildman–Crippen LogP) is 7.68. The van der Waals surface area contributed by atoms with E-state index in [1.165, 1.54) is 64.2 Å². The number of ketones is 1. The number of fused-ring (bicyclic) bond motifs is 5. The lowest BCUT2D eigenvalue weighted by molar-refractivity contribution is -0.140. The van der Waals surface area contributed by atoms with E-state index in [0.717, 1.165) is 48.3 Å². The van der Waals surface area contributed by atoms with Crippen LogP contribution in [0, 0.1) is 52.3 Å². The van der Waals surface area contributed by atoms with Crippen LogP contribution in [0.2, 0.25) is 0 Å². The van der Waals surface area contributed by atoms with Gasteiger partial charge in [0.1, 0.15) is 5.78 Å². The molecule has 0 aliphatic heterocycles. The van der Waals surface area contributed by atoms with Crippen molar-refractivity contribution < 1.29 is 4.79 Å². The second kappa shape index (κ2) is 7.73. The summed E-state index contributed by atoms with van der Waals surface area (Å²) in [6.45, 7) is 12.6. The van der Waals surface area contributed by atoms with Crippen LogP contribution in [-0.4, -0.2) is 5.78 Å². The van der Waals surface area contributed by atoms with Crippen LogP contribution in [0.3, 0.4) is 0 Å². The summed E-state index contributed by atoms with van der Waals surface area (Å²) in [5, 5.41) is 0. The monoisotopic (exact) mass is 386 g/mol. The summed E-state index contributed by atoms with van der Waals surface area (Å²) in [4.78, 5) is 12.1. The molecule has 0 aromatic rings. The molecule has 28 heavy (non-hydrogen) atoms. The van der Waals surface area contributed by atoms with Crippen LogP contribution in [0.1, 0.15) is 112 Å². The van der Waals surface area contributed by atoms with Gasteiger partial charge in [0.2, 0.25) is 0 Å². The fraction of sp³-hybridized carbons (Fsp3) is 0.963. The van der Waals surface area contributed by atoms with Crippen LogP contribution in [0.5, 0.6) is 0 Å². The molecule has 1 nitrogen and oxygen atoms in total. The summed E-state index contributed by atoms with van der Waals surface area (Å²) in [6.07, 6.45) is 15.9. The summed E-state index contributed by atoms with van der Waals surface area (Å²) in [5.74, 6) is 6.82. The van der Waals surface area contributed by atoms with Crippen molar-refractivity contribution in [1.29, 1.82) is 0 Å². The minimum absolute atomic E-state index is 0.471. The van der Waals surface area contributed by atoms with Crippen molar-refractivity contribution in [2.24, 2.45) is 52.3 Å². The van der Waals surface area contributed by atoms with Gasteiger partial charge in [-0.1, -0.05) is 53.9 Å². The van der Waals surface area contributed by atoms with Crippen molar-refractivity contribution in [3.63, 3.8) is 0 Å². The van der Waals surface area contributed by atoms with Crippen LogP contribution in [0.25, 0.3) is 0 Å². The van der Waals surface area contributed by atoms with Crippen LogP contribution >= 0.6 is 0 Å². The molecular formula is C27H46O. The molecule has 4 fully saturated rings. The molecule has 0 aromatic carbocycles. The number of rotatable bonds is 5. The standard InChI is InChI=1S/C27H46O/c1-18(2)7-6-8-19(3)23-11-12-24-22-10-9-20-17-21(28)13-15-26(20,4)25(22)14-16-27(23,24)5/h18-20,22-25H,6-17H2,1-5H3/t19?,20-,22?,23+,24?,25?,26-,27+/m0/s1. The summed E-state index contributed by atoms with van der Waals surface area (Å²) >= 11 is 0. The van der Waals surface area contributed by atoms with E-state index >= 15 is 0 Å². The number of hydrogen-bond donors (Lipinski definition) is 0. The van der Waals surface area contributed by atoms with Gasteiger partial charge in [-0.2, -0.15) is 0 Å². The molecule has 4 aliphatic rings. The molecule has 0 aromatic heterocycles. The third-order valence-corrected chi connectivity index (χ3v) is 10.7. The number of Topliss-reactive ketones (excluding diaryl/α,β-unsaturated/α-hetero) is 1. The van der Waals surface area contributed by atoms with E-state index < -0.39 is 0 Å². The van der Waals surface area contributed by atoms with E-state index in [1.807, 2.05) is 0 Å². The Labute approximate surface area is 174 Å². The first-order valence-corrected chi connectivity index (χ1v) is 12.8. The minimum Gasteiger partial charge on any atom is -0.300 e. The fourth-order valence-electron chi connectivity index (χ4n) is 9.07. The molecule has 0 saturated heterocycles. The van der Waals surface area contributed by atoms with Gasteiger partial charge < -0.3 is 0 Å². The van der Waals surface area contributed by atoms with Crippen LogP contribution in [0.15, 0.2) is 0 Å².